The number of phenolic OH excluding ortho intramolecular Hbond substituents is 1. The van der Waals surface area contributed by atoms with Crippen molar-refractivity contribution in [3.8, 4) is 5.75 Å². The average Bonchev–Trinajstić information content (AvgIpc) is 1.86. The number of rotatable bonds is 0. The number of benzene rings is 1. The van der Waals surface area contributed by atoms with Gasteiger partial charge in [-0.15, -0.1) is 0 Å². The zero-order valence-corrected chi connectivity index (χ0v) is 14.1. The molecule has 0 amide bonds. The minimum atomic E-state index is 0. The van der Waals surface area contributed by atoms with Crippen LogP contribution in [-0.4, -0.2) is 42.8 Å². The van der Waals surface area contributed by atoms with Crippen molar-refractivity contribution in [1.29, 1.82) is 0 Å². The van der Waals surface area contributed by atoms with E-state index in [1.54, 1.807) is 12.1 Å². The first-order valence-electron chi connectivity index (χ1n) is 3.79. The summed E-state index contributed by atoms with van der Waals surface area (Å²) in [6, 6.07) is 7.35. The van der Waals surface area contributed by atoms with Crippen LogP contribution in [0, 0.1) is 0 Å². The molecule has 0 radical (unpaired) electrons. The fourth-order valence-corrected chi connectivity index (χ4v) is 0.961. The minimum absolute atomic E-state index is 0. The molecular weight excluding hydrogens is 336 g/mol. The van der Waals surface area contributed by atoms with Crippen LogP contribution in [0.2, 0.25) is 0 Å². The Labute approximate surface area is 137 Å². The van der Waals surface area contributed by atoms with Gasteiger partial charge in [-0.2, -0.15) is 0 Å². The van der Waals surface area contributed by atoms with Gasteiger partial charge in [-0.25, -0.2) is 0 Å². The Bertz CT molecular complexity index is 241. The summed E-state index contributed by atoms with van der Waals surface area (Å²) in [4.78, 5) is 0. The molecule has 0 aliphatic carbocycles. The molecule has 0 aromatic heterocycles. The normalized spacial score (nSPS) is 9.07. The van der Waals surface area contributed by atoms with E-state index in [1.165, 1.54) is 5.56 Å². The Morgan fingerprint density at radius 3 is 1.57 bits per heavy atom. The third kappa shape index (κ3) is 6.67. The number of halogens is 2. The number of hydrogen-bond donors (Lipinski definition) is 1. The summed E-state index contributed by atoms with van der Waals surface area (Å²) >= 11 is 0. The van der Waals surface area contributed by atoms with Crippen LogP contribution in [0.25, 0.3) is 0 Å². The minimum Gasteiger partial charge on any atom is -1.00 e. The SMILES string of the molecule is CC(C)(C)c1ccc(O)cc1.[Br-].[Br-].[Ca+2]. The van der Waals surface area contributed by atoms with E-state index in [0.29, 0.717) is 5.75 Å². The van der Waals surface area contributed by atoms with Crippen LogP contribution in [0.4, 0.5) is 0 Å². The molecule has 0 heterocycles. The predicted octanol–water partition coefficient (Wildman–Crippen LogP) is -3.68. The van der Waals surface area contributed by atoms with E-state index in [4.69, 9.17) is 5.11 Å². The zero-order chi connectivity index (χ0) is 8.48. The topological polar surface area (TPSA) is 20.2 Å². The molecule has 0 aliphatic rings. The Morgan fingerprint density at radius 1 is 0.929 bits per heavy atom. The van der Waals surface area contributed by atoms with Crippen molar-refractivity contribution in [2.45, 2.75) is 26.2 Å². The van der Waals surface area contributed by atoms with Gasteiger partial charge in [0, 0.05) is 0 Å². The van der Waals surface area contributed by atoms with Gasteiger partial charge in [-0.3, -0.25) is 0 Å². The smallest absolute Gasteiger partial charge is 1.00 e. The number of hydrogen-bond acceptors (Lipinski definition) is 1. The standard InChI is InChI=1S/C10H14O.2BrH.Ca/c1-10(2,3)8-4-6-9(11)7-5-8;;;/h4-7,11H,1-3H3;2*1H;/q;;;+2/p-2. The number of phenols is 1. The van der Waals surface area contributed by atoms with Crippen LogP contribution in [0.1, 0.15) is 26.3 Å². The van der Waals surface area contributed by atoms with Gasteiger partial charge in [0.15, 0.2) is 0 Å². The molecule has 0 atom stereocenters. The molecule has 1 aromatic rings. The third-order valence-electron chi connectivity index (χ3n) is 1.73. The molecule has 0 bridgehead atoms. The van der Waals surface area contributed by atoms with Crippen LogP contribution in [0.3, 0.4) is 0 Å². The Kier molecular flexibility index (Phi) is 12.4. The van der Waals surface area contributed by atoms with Crippen LogP contribution < -0.4 is 34.0 Å². The maximum absolute atomic E-state index is 9.02. The second kappa shape index (κ2) is 8.40. The molecule has 1 aromatic carbocycles. The molecule has 0 aliphatic heterocycles. The van der Waals surface area contributed by atoms with E-state index in [1.807, 2.05) is 12.1 Å². The Hall–Kier alpha value is 1.24. The first-order chi connectivity index (χ1) is 5.00. The van der Waals surface area contributed by atoms with Crippen molar-refractivity contribution in [2.24, 2.45) is 0 Å². The van der Waals surface area contributed by atoms with Gasteiger partial charge in [-0.1, -0.05) is 32.9 Å². The maximum Gasteiger partial charge on any atom is 2.00 e. The first kappa shape index (κ1) is 20.6. The summed E-state index contributed by atoms with van der Waals surface area (Å²) in [5.41, 5.74) is 1.42. The summed E-state index contributed by atoms with van der Waals surface area (Å²) < 4.78 is 0. The van der Waals surface area contributed by atoms with Gasteiger partial charge >= 0.3 is 37.7 Å². The van der Waals surface area contributed by atoms with E-state index in [0.717, 1.165) is 0 Å². The van der Waals surface area contributed by atoms with Gasteiger partial charge in [0.2, 0.25) is 0 Å². The molecule has 0 spiro atoms. The average molecular weight is 350 g/mol. The van der Waals surface area contributed by atoms with Crippen molar-refractivity contribution in [3.63, 3.8) is 0 Å². The molecular formula is C10H14Br2CaO. The molecule has 76 valence electrons. The summed E-state index contributed by atoms with van der Waals surface area (Å²) in [6.07, 6.45) is 0. The molecule has 1 nitrogen and oxygen atoms in total. The van der Waals surface area contributed by atoms with E-state index in [9.17, 15) is 0 Å². The molecule has 0 saturated carbocycles. The molecule has 0 saturated heterocycles. The zero-order valence-electron chi connectivity index (χ0n) is 8.72. The summed E-state index contributed by atoms with van der Waals surface area (Å²) in [5, 5.41) is 9.02. The summed E-state index contributed by atoms with van der Waals surface area (Å²) in [6.45, 7) is 6.46. The van der Waals surface area contributed by atoms with Crippen molar-refractivity contribution >= 4 is 37.7 Å². The third-order valence-corrected chi connectivity index (χ3v) is 1.73. The van der Waals surface area contributed by atoms with Crippen LogP contribution >= 0.6 is 0 Å². The quantitative estimate of drug-likeness (QED) is 0.478. The summed E-state index contributed by atoms with van der Waals surface area (Å²) in [7, 11) is 0. The fraction of sp³-hybridized carbons (Fsp3) is 0.400. The van der Waals surface area contributed by atoms with E-state index >= 15 is 0 Å². The van der Waals surface area contributed by atoms with E-state index in [-0.39, 0.29) is 77.1 Å². The van der Waals surface area contributed by atoms with Crippen LogP contribution in [0.5, 0.6) is 5.75 Å². The van der Waals surface area contributed by atoms with Gasteiger partial charge in [0.25, 0.3) is 0 Å². The summed E-state index contributed by atoms with van der Waals surface area (Å²) in [5.74, 6) is 0.331. The van der Waals surface area contributed by atoms with Crippen molar-refractivity contribution in [2.75, 3.05) is 0 Å². The first-order valence-corrected chi connectivity index (χ1v) is 3.79. The van der Waals surface area contributed by atoms with Crippen LogP contribution in [-0.2, 0) is 5.41 Å². The monoisotopic (exact) mass is 348 g/mol. The van der Waals surface area contributed by atoms with Gasteiger partial charge in [0.05, 0.1) is 0 Å². The van der Waals surface area contributed by atoms with Crippen molar-refractivity contribution in [3.05, 3.63) is 29.8 Å². The Morgan fingerprint density at radius 2 is 1.29 bits per heavy atom. The van der Waals surface area contributed by atoms with Crippen molar-refractivity contribution in [1.82, 2.24) is 0 Å². The van der Waals surface area contributed by atoms with E-state index < -0.39 is 0 Å². The fourth-order valence-electron chi connectivity index (χ4n) is 0.961. The largest absolute Gasteiger partial charge is 2.00 e. The molecule has 1 N–H and O–H groups in total. The Balaban J connectivity index is -0.000000403. The molecule has 0 fully saturated rings. The van der Waals surface area contributed by atoms with Gasteiger partial charge < -0.3 is 39.1 Å². The molecule has 1 rings (SSSR count). The second-order valence-electron chi connectivity index (χ2n) is 3.80. The predicted molar refractivity (Wildman–Crippen MR) is 52.6 cm³/mol. The van der Waals surface area contributed by atoms with E-state index in [2.05, 4.69) is 20.8 Å². The van der Waals surface area contributed by atoms with Crippen LogP contribution in [0.15, 0.2) is 24.3 Å². The van der Waals surface area contributed by atoms with Crippen molar-refractivity contribution < 1.29 is 39.1 Å². The second-order valence-corrected chi connectivity index (χ2v) is 3.80. The molecule has 4 heteroatoms. The molecule has 14 heavy (non-hydrogen) atoms. The van der Waals surface area contributed by atoms with Gasteiger partial charge in [-0.05, 0) is 23.1 Å². The van der Waals surface area contributed by atoms with Gasteiger partial charge in [0.1, 0.15) is 5.75 Å². The maximum atomic E-state index is 9.02. The molecule has 0 unspecified atom stereocenters. The number of aromatic hydroxyl groups is 1.